The fourth-order valence-electron chi connectivity index (χ4n) is 4.83. The predicted molar refractivity (Wildman–Crippen MR) is 166 cm³/mol. The number of benzene rings is 4. The highest BCUT2D eigenvalue weighted by atomic mass is 16.6. The van der Waals surface area contributed by atoms with Crippen molar-refractivity contribution >= 4 is 41.0 Å². The van der Waals surface area contributed by atoms with Gasteiger partial charge in [0.05, 0.1) is 22.9 Å². The van der Waals surface area contributed by atoms with Crippen LogP contribution in [-0.2, 0) is 16.2 Å². The van der Waals surface area contributed by atoms with Gasteiger partial charge in [-0.2, -0.15) is 0 Å². The number of hydrogen-bond acceptors (Lipinski definition) is 7. The Balaban J connectivity index is 1.52. The average Bonchev–Trinajstić information content (AvgIpc) is 3.01. The SMILES string of the molecule is CCOc1cc(C=C2C(=O)N(c3ccccc3C)C(=O)N(c3ccccc3C)C2=O)ccc1OCc1ccc([N+](=O)[O-])cc1. The summed E-state index contributed by atoms with van der Waals surface area (Å²) in [7, 11) is 0. The summed E-state index contributed by atoms with van der Waals surface area (Å²) >= 11 is 0. The quantitative estimate of drug-likeness (QED) is 0.0912. The van der Waals surface area contributed by atoms with Crippen molar-refractivity contribution in [1.29, 1.82) is 0 Å². The molecule has 4 amide bonds. The first-order chi connectivity index (χ1) is 21.2. The number of barbiturate groups is 1. The smallest absolute Gasteiger partial charge is 0.343 e. The molecule has 1 heterocycles. The number of nitro groups is 1. The van der Waals surface area contributed by atoms with E-state index in [-0.39, 0.29) is 17.9 Å². The van der Waals surface area contributed by atoms with Crippen LogP contribution in [0.5, 0.6) is 11.5 Å². The maximum atomic E-state index is 13.9. The highest BCUT2D eigenvalue weighted by Gasteiger charge is 2.44. The highest BCUT2D eigenvalue weighted by Crippen LogP contribution is 2.34. The van der Waals surface area contributed by atoms with E-state index in [9.17, 15) is 24.5 Å². The van der Waals surface area contributed by atoms with E-state index in [2.05, 4.69) is 0 Å². The van der Waals surface area contributed by atoms with E-state index in [0.29, 0.717) is 46.2 Å². The van der Waals surface area contributed by atoms with Crippen LogP contribution < -0.4 is 19.3 Å². The molecule has 4 aromatic carbocycles. The third-order valence-corrected chi connectivity index (χ3v) is 7.08. The Kier molecular flexibility index (Phi) is 8.52. The van der Waals surface area contributed by atoms with Crippen molar-refractivity contribution in [3.63, 3.8) is 0 Å². The van der Waals surface area contributed by atoms with Gasteiger partial charge in [0.1, 0.15) is 12.2 Å². The van der Waals surface area contributed by atoms with Crippen LogP contribution in [0.1, 0.15) is 29.2 Å². The van der Waals surface area contributed by atoms with Gasteiger partial charge >= 0.3 is 6.03 Å². The van der Waals surface area contributed by atoms with Gasteiger partial charge in [0.15, 0.2) is 11.5 Å². The van der Waals surface area contributed by atoms with Gasteiger partial charge in [-0.05, 0) is 85.5 Å². The summed E-state index contributed by atoms with van der Waals surface area (Å²) in [6.45, 7) is 5.84. The molecule has 0 atom stereocenters. The van der Waals surface area contributed by atoms with E-state index in [1.165, 1.54) is 18.2 Å². The number of nitro benzene ring substituents is 1. The second-order valence-electron chi connectivity index (χ2n) is 10.0. The lowest BCUT2D eigenvalue weighted by atomic mass is 10.0. The molecular weight excluding hydrogens is 562 g/mol. The Morgan fingerprint density at radius 3 is 1.84 bits per heavy atom. The molecular formula is C34H29N3O7. The Hall–Kier alpha value is -5.77. The van der Waals surface area contributed by atoms with Crippen LogP contribution in [0.25, 0.3) is 6.08 Å². The normalized spacial score (nSPS) is 13.2. The van der Waals surface area contributed by atoms with Gasteiger partial charge in [-0.1, -0.05) is 42.5 Å². The van der Waals surface area contributed by atoms with Gasteiger partial charge in [-0.15, -0.1) is 0 Å². The number of carbonyl (C=O) groups excluding carboxylic acids is 3. The summed E-state index contributed by atoms with van der Waals surface area (Å²) in [6.07, 6.45) is 1.44. The maximum absolute atomic E-state index is 13.9. The van der Waals surface area contributed by atoms with Crippen molar-refractivity contribution in [1.82, 2.24) is 0 Å². The number of urea groups is 1. The van der Waals surface area contributed by atoms with Crippen molar-refractivity contribution in [3.05, 3.63) is 129 Å². The fraction of sp³-hybridized carbons (Fsp3) is 0.147. The molecule has 1 fully saturated rings. The van der Waals surface area contributed by atoms with Crippen LogP contribution in [-0.4, -0.2) is 29.4 Å². The van der Waals surface area contributed by atoms with Crippen LogP contribution >= 0.6 is 0 Å². The molecule has 0 radical (unpaired) electrons. The van der Waals surface area contributed by atoms with Crippen LogP contribution in [0.4, 0.5) is 21.9 Å². The van der Waals surface area contributed by atoms with Crippen LogP contribution in [0, 0.1) is 24.0 Å². The van der Waals surface area contributed by atoms with E-state index >= 15 is 0 Å². The molecule has 0 aromatic heterocycles. The molecule has 4 aromatic rings. The number of anilines is 2. The molecule has 222 valence electrons. The zero-order valence-electron chi connectivity index (χ0n) is 24.4. The van der Waals surface area contributed by atoms with Crippen molar-refractivity contribution in [2.24, 2.45) is 0 Å². The summed E-state index contributed by atoms with van der Waals surface area (Å²) < 4.78 is 11.7. The first-order valence-electron chi connectivity index (χ1n) is 13.9. The number of amides is 4. The van der Waals surface area contributed by atoms with E-state index < -0.39 is 22.8 Å². The second kappa shape index (κ2) is 12.6. The molecule has 44 heavy (non-hydrogen) atoms. The fourth-order valence-corrected chi connectivity index (χ4v) is 4.83. The third kappa shape index (κ3) is 5.91. The largest absolute Gasteiger partial charge is 0.490 e. The lowest BCUT2D eigenvalue weighted by Gasteiger charge is -2.35. The van der Waals surface area contributed by atoms with Crippen molar-refractivity contribution in [2.45, 2.75) is 27.4 Å². The van der Waals surface area contributed by atoms with E-state index in [0.717, 1.165) is 15.4 Å². The van der Waals surface area contributed by atoms with Gasteiger partial charge in [-0.25, -0.2) is 14.6 Å². The predicted octanol–water partition coefficient (Wildman–Crippen LogP) is 6.77. The topological polar surface area (TPSA) is 119 Å². The van der Waals surface area contributed by atoms with Gasteiger partial charge in [0.25, 0.3) is 17.5 Å². The Morgan fingerprint density at radius 2 is 1.32 bits per heavy atom. The molecule has 0 spiro atoms. The first-order valence-corrected chi connectivity index (χ1v) is 13.9. The maximum Gasteiger partial charge on any atom is 0.343 e. The lowest BCUT2D eigenvalue weighted by molar-refractivity contribution is -0.384. The summed E-state index contributed by atoms with van der Waals surface area (Å²) in [6, 6.07) is 24.2. The highest BCUT2D eigenvalue weighted by molar-refractivity contribution is 6.46. The summed E-state index contributed by atoms with van der Waals surface area (Å²) in [5, 5.41) is 10.9. The van der Waals surface area contributed by atoms with Gasteiger partial charge in [0.2, 0.25) is 0 Å². The number of ether oxygens (including phenoxy) is 2. The number of hydrogen-bond donors (Lipinski definition) is 0. The number of para-hydroxylation sites is 2. The first kappa shape index (κ1) is 29.7. The lowest BCUT2D eigenvalue weighted by Crippen LogP contribution is -2.57. The number of aryl methyl sites for hydroxylation is 2. The molecule has 0 bridgehead atoms. The number of non-ortho nitro benzene ring substituents is 1. The monoisotopic (exact) mass is 591 g/mol. The van der Waals surface area contributed by atoms with Crippen LogP contribution in [0.15, 0.2) is 96.6 Å². The molecule has 1 saturated heterocycles. The van der Waals surface area contributed by atoms with Gasteiger partial charge < -0.3 is 9.47 Å². The van der Waals surface area contributed by atoms with Crippen LogP contribution in [0.2, 0.25) is 0 Å². The van der Waals surface area contributed by atoms with E-state index in [1.807, 2.05) is 6.92 Å². The molecule has 0 unspecified atom stereocenters. The van der Waals surface area contributed by atoms with Crippen molar-refractivity contribution < 1.29 is 28.8 Å². The number of nitrogens with zero attached hydrogens (tertiary/aromatic N) is 3. The standard InChI is InChI=1S/C34H29N3O7/c1-4-43-31-20-25(15-18-30(31)44-21-24-13-16-26(17-14-24)37(41)42)19-27-32(38)35(28-11-7-5-9-22(28)2)34(40)36(33(27)39)29-12-8-6-10-23(29)3/h5-20H,4,21H2,1-3H3. The Bertz CT molecular complexity index is 1730. The molecule has 0 saturated carbocycles. The zero-order chi connectivity index (χ0) is 31.4. The minimum Gasteiger partial charge on any atom is -0.490 e. The zero-order valence-corrected chi connectivity index (χ0v) is 24.4. The van der Waals surface area contributed by atoms with Gasteiger partial charge in [-0.3, -0.25) is 19.7 Å². The number of rotatable bonds is 9. The summed E-state index contributed by atoms with van der Waals surface area (Å²) in [4.78, 5) is 54.0. The van der Waals surface area contributed by atoms with E-state index in [1.54, 1.807) is 92.7 Å². The summed E-state index contributed by atoms with van der Waals surface area (Å²) in [5.41, 5.74) is 3.14. The second-order valence-corrected chi connectivity index (χ2v) is 10.0. The van der Waals surface area contributed by atoms with E-state index in [4.69, 9.17) is 9.47 Å². The molecule has 1 aliphatic rings. The average molecular weight is 592 g/mol. The Labute approximate surface area is 253 Å². The minimum atomic E-state index is -0.759. The third-order valence-electron chi connectivity index (χ3n) is 7.08. The number of imide groups is 2. The van der Waals surface area contributed by atoms with Crippen LogP contribution in [0.3, 0.4) is 0 Å². The molecule has 0 N–H and O–H groups in total. The molecule has 10 heteroatoms. The van der Waals surface area contributed by atoms with Gasteiger partial charge in [0, 0.05) is 12.1 Å². The molecule has 0 aliphatic carbocycles. The number of carbonyl (C=O) groups is 3. The molecule has 10 nitrogen and oxygen atoms in total. The molecule has 5 rings (SSSR count). The molecule has 1 aliphatic heterocycles. The van der Waals surface area contributed by atoms with Crippen molar-refractivity contribution in [2.75, 3.05) is 16.4 Å². The van der Waals surface area contributed by atoms with Crippen molar-refractivity contribution in [3.8, 4) is 11.5 Å². The summed E-state index contributed by atoms with van der Waals surface area (Å²) in [5.74, 6) is -0.694. The minimum absolute atomic E-state index is 0.0170. The Morgan fingerprint density at radius 1 is 0.750 bits per heavy atom.